The Bertz CT molecular complexity index is 1580. The number of H-pyrrole nitrogens is 1. The quantitative estimate of drug-likeness (QED) is 0.223. The van der Waals surface area contributed by atoms with Gasteiger partial charge in [0.2, 0.25) is 5.91 Å². The fraction of sp³-hybridized carbons (Fsp3) is 0.562. The molecule has 4 heterocycles. The molecule has 2 aromatic heterocycles. The zero-order valence-electron chi connectivity index (χ0n) is 27.6. The van der Waals surface area contributed by atoms with Crippen LogP contribution in [-0.4, -0.2) is 101 Å². The average molecular weight is 719 g/mol. The highest BCUT2D eigenvalue weighted by Crippen LogP contribution is 2.44. The Balaban J connectivity index is 0.000000514. The number of ether oxygens (including phenoxy) is 2. The lowest BCUT2D eigenvalue weighted by molar-refractivity contribution is -0.137. The van der Waals surface area contributed by atoms with E-state index in [1.807, 2.05) is 13.8 Å². The van der Waals surface area contributed by atoms with Crippen LogP contribution in [0.4, 0.5) is 33.5 Å². The first-order valence-corrected chi connectivity index (χ1v) is 15.3. The van der Waals surface area contributed by atoms with Crippen LogP contribution in [0.25, 0.3) is 10.9 Å². The number of carbonyl (C=O) groups excluding carboxylic acids is 1. The smallest absolute Gasteiger partial charge is 0.418 e. The van der Waals surface area contributed by atoms with E-state index in [1.54, 1.807) is 36.1 Å². The second kappa shape index (κ2) is 17.3. The predicted molar refractivity (Wildman–Crippen MR) is 185 cm³/mol. The molecule has 0 aliphatic carbocycles. The van der Waals surface area contributed by atoms with Gasteiger partial charge in [0.05, 0.1) is 48.4 Å². The number of nitrogens with one attached hydrogen (secondary N) is 1. The third-order valence-corrected chi connectivity index (χ3v) is 8.23. The van der Waals surface area contributed by atoms with Crippen molar-refractivity contribution >= 4 is 41.8 Å². The molecule has 2 aliphatic heterocycles. The Morgan fingerprint density at radius 1 is 1.24 bits per heavy atom. The summed E-state index contributed by atoms with van der Waals surface area (Å²) in [4.78, 5) is 24.7. The van der Waals surface area contributed by atoms with Gasteiger partial charge in [0, 0.05) is 56.2 Å². The molecule has 1 amide bonds. The van der Waals surface area contributed by atoms with E-state index in [2.05, 4.69) is 20.2 Å². The van der Waals surface area contributed by atoms with Crippen molar-refractivity contribution in [2.45, 2.75) is 65.7 Å². The van der Waals surface area contributed by atoms with Crippen molar-refractivity contribution in [1.82, 2.24) is 30.0 Å². The highest BCUT2D eigenvalue weighted by molar-refractivity contribution is 7.59. The number of aryl methyl sites for hydroxylation is 1. The number of nitrogens with zero attached hydrogens (tertiary/aromatic N) is 6. The Labute approximate surface area is 290 Å². The lowest BCUT2D eigenvalue weighted by Crippen LogP contribution is -2.34. The van der Waals surface area contributed by atoms with E-state index in [0.717, 1.165) is 13.1 Å². The number of anilines is 2. The summed E-state index contributed by atoms with van der Waals surface area (Å²) in [6.07, 6.45) is 0.0812. The molecule has 0 spiro atoms. The van der Waals surface area contributed by atoms with E-state index >= 15 is 0 Å². The molecule has 1 atom stereocenters. The monoisotopic (exact) mass is 718 g/mol. The van der Waals surface area contributed by atoms with Gasteiger partial charge >= 0.3 is 12.2 Å². The topological polar surface area (TPSA) is 126 Å². The molecule has 3 N–H and O–H groups in total. The average Bonchev–Trinajstić information content (AvgIpc) is 3.57. The number of halogens is 5. The zero-order valence-corrected chi connectivity index (χ0v) is 28.6. The van der Waals surface area contributed by atoms with E-state index in [-0.39, 0.29) is 82.6 Å². The molecule has 5 rings (SSSR count). The molecule has 1 aromatic carbocycles. The first-order valence-electron chi connectivity index (χ1n) is 15.3. The number of hydrogen-bond acceptors (Lipinski definition) is 9. The van der Waals surface area contributed by atoms with Crippen LogP contribution in [0, 0.1) is 6.92 Å². The number of hydrogen-bond donors (Lipinski definition) is 2. The molecule has 1 fully saturated rings. The van der Waals surface area contributed by atoms with Crippen LogP contribution in [0.1, 0.15) is 50.1 Å². The Kier molecular flexibility index (Phi) is 14.6. The number of aromatic amines is 1. The molecule has 3 aromatic rings. The summed E-state index contributed by atoms with van der Waals surface area (Å²) in [6, 6.07) is 0.834. The Hall–Kier alpha value is -3.70. The van der Waals surface area contributed by atoms with Crippen molar-refractivity contribution in [3.63, 3.8) is 0 Å². The van der Waals surface area contributed by atoms with Crippen LogP contribution in [0.5, 0.6) is 6.01 Å². The van der Waals surface area contributed by atoms with Crippen LogP contribution in [0.3, 0.4) is 0 Å². The van der Waals surface area contributed by atoms with Crippen molar-refractivity contribution in [2.24, 2.45) is 0 Å². The first-order chi connectivity index (χ1) is 22.2. The fourth-order valence-corrected chi connectivity index (χ4v) is 5.88. The third-order valence-electron chi connectivity index (χ3n) is 8.23. The summed E-state index contributed by atoms with van der Waals surface area (Å²) in [7, 11) is 3.19. The van der Waals surface area contributed by atoms with Gasteiger partial charge < -0.3 is 25.0 Å². The SMILES string of the molecule is C.CCN(CC)C(=O)/C=C/COC.Cc1cc2[nH]ncc2c(N2CCc3c(N)nc(OC[C@@H]4CC(F)(F)CN4C)nc3C2)c1C(F)(F)F.S. The van der Waals surface area contributed by atoms with Crippen molar-refractivity contribution in [2.75, 3.05) is 64.2 Å². The van der Waals surface area contributed by atoms with Crippen LogP contribution >= 0.6 is 13.5 Å². The third kappa shape index (κ3) is 9.94. The van der Waals surface area contributed by atoms with Gasteiger partial charge in [-0.15, -0.1) is 0 Å². The highest BCUT2D eigenvalue weighted by Gasteiger charge is 2.43. The van der Waals surface area contributed by atoms with Crippen molar-refractivity contribution < 1.29 is 36.2 Å². The zero-order chi connectivity index (χ0) is 34.5. The van der Waals surface area contributed by atoms with E-state index in [9.17, 15) is 26.7 Å². The molecule has 17 heteroatoms. The molecule has 2 aliphatic rings. The molecule has 1 saturated heterocycles. The van der Waals surface area contributed by atoms with Crippen LogP contribution in [0.2, 0.25) is 0 Å². The van der Waals surface area contributed by atoms with Crippen molar-refractivity contribution in [3.8, 4) is 6.01 Å². The number of amides is 1. The molecule has 0 radical (unpaired) electrons. The largest absolute Gasteiger partial charge is 0.462 e. The number of alkyl halides is 5. The molecular weight excluding hydrogens is 671 g/mol. The minimum Gasteiger partial charge on any atom is -0.462 e. The summed E-state index contributed by atoms with van der Waals surface area (Å²) in [6.45, 7) is 7.26. The van der Waals surface area contributed by atoms with Gasteiger partial charge in [-0.25, -0.2) is 8.78 Å². The molecule has 0 bridgehead atoms. The maximum Gasteiger partial charge on any atom is 0.418 e. The number of carbonyl (C=O) groups is 1. The number of rotatable bonds is 9. The maximum absolute atomic E-state index is 14.1. The summed E-state index contributed by atoms with van der Waals surface area (Å²) in [5, 5.41) is 7.03. The Morgan fingerprint density at radius 3 is 2.53 bits per heavy atom. The molecule has 274 valence electrons. The normalized spacial score (nSPS) is 17.2. The minimum atomic E-state index is -4.57. The van der Waals surface area contributed by atoms with E-state index in [0.29, 0.717) is 35.2 Å². The second-order valence-electron chi connectivity index (χ2n) is 11.5. The maximum atomic E-state index is 14.1. The van der Waals surface area contributed by atoms with Gasteiger partial charge in [0.25, 0.3) is 5.92 Å². The fourth-order valence-electron chi connectivity index (χ4n) is 5.88. The van der Waals surface area contributed by atoms with E-state index in [1.165, 1.54) is 24.1 Å². The predicted octanol–water partition coefficient (Wildman–Crippen LogP) is 5.35. The number of likely N-dealkylation sites (tertiary alicyclic amines) is 1. The number of aromatic nitrogens is 4. The summed E-state index contributed by atoms with van der Waals surface area (Å²) < 4.78 is 79.9. The highest BCUT2D eigenvalue weighted by atomic mass is 32.1. The summed E-state index contributed by atoms with van der Waals surface area (Å²) >= 11 is 0. The number of benzene rings is 1. The van der Waals surface area contributed by atoms with Gasteiger partial charge in [-0.3, -0.25) is 14.8 Å². The number of likely N-dealkylation sites (N-methyl/N-ethyl adjacent to an activating group) is 2. The van der Waals surface area contributed by atoms with Crippen LogP contribution in [0.15, 0.2) is 24.4 Å². The summed E-state index contributed by atoms with van der Waals surface area (Å²) in [5.41, 5.74) is 7.07. The molecular formula is C32H47F5N8O3S. The number of nitrogens with two attached hydrogens (primary N) is 1. The van der Waals surface area contributed by atoms with Crippen molar-refractivity contribution in [1.29, 1.82) is 0 Å². The Morgan fingerprint density at radius 2 is 1.94 bits per heavy atom. The van der Waals surface area contributed by atoms with Gasteiger partial charge in [-0.05, 0) is 45.9 Å². The first kappa shape index (κ1) is 41.5. The van der Waals surface area contributed by atoms with E-state index < -0.39 is 23.7 Å². The van der Waals surface area contributed by atoms with Crippen LogP contribution < -0.4 is 15.4 Å². The number of nitrogen functional groups attached to an aromatic ring is 1. The van der Waals surface area contributed by atoms with Crippen LogP contribution in [-0.2, 0) is 28.7 Å². The molecule has 0 unspecified atom stereocenters. The molecule has 11 nitrogen and oxygen atoms in total. The van der Waals surface area contributed by atoms with Gasteiger partial charge in [0.1, 0.15) is 12.4 Å². The minimum absolute atomic E-state index is 0. The summed E-state index contributed by atoms with van der Waals surface area (Å²) in [5.74, 6) is -2.57. The standard InChI is InChI=1S/C22H24F5N7O.C9H17NO2.CH4.H2S/c1-11-5-15-14(7-29-32-15)18(17(11)22(25,26)27)34-4-3-13-16(8-34)30-20(31-19(13)28)35-9-12-6-21(23,24)10-33(12)2;1-4-10(5-2)9(11)7-6-8-12-3;;/h5,7,12H,3-4,6,8-10H2,1-2H3,(H,29,32)(H2,28,30,31);6-7H,4-5,8H2,1-3H3;1H4;1H2/b;7-6+;;/t12-;;;/m0.../s1. The lowest BCUT2D eigenvalue weighted by Gasteiger charge is -2.33. The van der Waals surface area contributed by atoms with E-state index in [4.69, 9.17) is 15.2 Å². The number of methoxy groups -OCH3 is 1. The van der Waals surface area contributed by atoms with Gasteiger partial charge in [-0.1, -0.05) is 13.5 Å². The van der Waals surface area contributed by atoms with Gasteiger partial charge in [-0.2, -0.15) is 41.7 Å². The molecule has 49 heavy (non-hydrogen) atoms. The van der Waals surface area contributed by atoms with Crippen molar-refractivity contribution in [3.05, 3.63) is 46.8 Å². The number of fused-ring (bicyclic) bond motifs is 2. The molecule has 0 saturated carbocycles. The van der Waals surface area contributed by atoms with Gasteiger partial charge in [0.15, 0.2) is 0 Å². The lowest BCUT2D eigenvalue weighted by atomic mass is 9.98. The second-order valence-corrected chi connectivity index (χ2v) is 11.5.